The number of imide groups is 2. The first-order chi connectivity index (χ1) is 23.6. The molecule has 4 aliphatic rings. The summed E-state index contributed by atoms with van der Waals surface area (Å²) in [6.45, 7) is 0. The zero-order chi connectivity index (χ0) is 34.2. The number of non-ortho nitro benzene ring substituents is 1. The minimum atomic E-state index is -1.42. The number of phenols is 1. The monoisotopic (exact) mass is 673 g/mol. The van der Waals surface area contributed by atoms with Gasteiger partial charge in [-0.2, -0.15) is 0 Å². The Bertz CT molecular complexity index is 2100. The van der Waals surface area contributed by atoms with Gasteiger partial charge in [-0.05, 0) is 72.4 Å². The molecule has 10 nitrogen and oxygen atoms in total. The quantitative estimate of drug-likeness (QED) is 0.113. The van der Waals surface area contributed by atoms with Gasteiger partial charge < -0.3 is 5.11 Å². The van der Waals surface area contributed by atoms with Crippen molar-refractivity contribution in [2.24, 2.45) is 23.7 Å². The number of allylic oxidation sites excluding steroid dienone is 2. The van der Waals surface area contributed by atoms with Crippen molar-refractivity contribution in [3.8, 4) is 5.75 Å². The number of fused-ring (bicyclic) bond motifs is 4. The van der Waals surface area contributed by atoms with E-state index in [4.69, 9.17) is 11.6 Å². The molecule has 0 bridgehead atoms. The number of anilines is 2. The first-order valence-electron chi connectivity index (χ1n) is 15.9. The number of hydrogen-bond donors (Lipinski definition) is 1. The summed E-state index contributed by atoms with van der Waals surface area (Å²) in [6.07, 6.45) is 2.31. The van der Waals surface area contributed by atoms with Crippen LogP contribution in [0, 0.1) is 33.8 Å². The molecular weight excluding hydrogens is 646 g/mol. The molecule has 4 aromatic carbocycles. The molecule has 11 heteroatoms. The van der Waals surface area contributed by atoms with E-state index < -0.39 is 63.6 Å². The molecule has 2 aliphatic heterocycles. The van der Waals surface area contributed by atoms with E-state index in [0.717, 1.165) is 10.5 Å². The number of benzene rings is 4. The van der Waals surface area contributed by atoms with Crippen LogP contribution in [0.25, 0.3) is 0 Å². The average molecular weight is 674 g/mol. The molecule has 8 rings (SSSR count). The molecule has 0 radical (unpaired) electrons. The fraction of sp³-hybridized carbons (Fsp3) is 0.211. The number of aromatic hydroxyl groups is 1. The van der Waals surface area contributed by atoms with Crippen LogP contribution in [0.2, 0.25) is 5.02 Å². The molecule has 6 atom stereocenters. The molecule has 4 aromatic rings. The van der Waals surface area contributed by atoms with E-state index in [1.807, 2.05) is 36.4 Å². The topological polar surface area (TPSA) is 138 Å². The third-order valence-corrected chi connectivity index (χ3v) is 10.9. The van der Waals surface area contributed by atoms with E-state index in [1.165, 1.54) is 41.3 Å². The molecule has 1 saturated carbocycles. The Morgan fingerprint density at radius 2 is 1.49 bits per heavy atom. The first kappa shape index (κ1) is 30.7. The van der Waals surface area contributed by atoms with Gasteiger partial charge in [-0.1, -0.05) is 71.8 Å². The van der Waals surface area contributed by atoms with Crippen molar-refractivity contribution in [3.05, 3.63) is 141 Å². The molecule has 2 heterocycles. The number of nitrogens with zero attached hydrogens (tertiary/aromatic N) is 3. The van der Waals surface area contributed by atoms with Gasteiger partial charge in [0.2, 0.25) is 23.6 Å². The minimum Gasteiger partial charge on any atom is -0.508 e. The van der Waals surface area contributed by atoms with Crippen molar-refractivity contribution < 1.29 is 29.2 Å². The molecule has 244 valence electrons. The van der Waals surface area contributed by atoms with Gasteiger partial charge in [-0.3, -0.25) is 34.2 Å². The number of phenolic OH excluding ortho intramolecular Hbond substituents is 1. The van der Waals surface area contributed by atoms with E-state index >= 15 is 4.79 Å². The summed E-state index contributed by atoms with van der Waals surface area (Å²) in [5.74, 6) is -5.42. The summed E-state index contributed by atoms with van der Waals surface area (Å²) in [6, 6.07) is 27.6. The van der Waals surface area contributed by atoms with Gasteiger partial charge >= 0.3 is 0 Å². The van der Waals surface area contributed by atoms with E-state index in [0.29, 0.717) is 21.8 Å². The number of carbonyl (C=O) groups excluding carboxylic acids is 4. The number of nitro groups is 1. The Morgan fingerprint density at radius 1 is 0.776 bits per heavy atom. The van der Waals surface area contributed by atoms with Crippen molar-refractivity contribution in [2.75, 3.05) is 9.80 Å². The zero-order valence-corrected chi connectivity index (χ0v) is 26.6. The fourth-order valence-corrected chi connectivity index (χ4v) is 8.95. The average Bonchev–Trinajstić information content (AvgIpc) is 3.49. The highest BCUT2D eigenvalue weighted by Crippen LogP contribution is 2.64. The van der Waals surface area contributed by atoms with Crippen LogP contribution in [0.3, 0.4) is 0 Å². The van der Waals surface area contributed by atoms with Gasteiger partial charge in [-0.25, -0.2) is 4.90 Å². The van der Waals surface area contributed by atoms with Gasteiger partial charge in [0, 0.05) is 23.1 Å². The van der Waals surface area contributed by atoms with Crippen molar-refractivity contribution >= 4 is 52.3 Å². The molecule has 0 aromatic heterocycles. The second-order valence-electron chi connectivity index (χ2n) is 13.0. The van der Waals surface area contributed by atoms with Crippen LogP contribution in [0.15, 0.2) is 115 Å². The minimum absolute atomic E-state index is 0.0313. The summed E-state index contributed by atoms with van der Waals surface area (Å²) < 4.78 is 0. The van der Waals surface area contributed by atoms with Crippen molar-refractivity contribution in [1.29, 1.82) is 0 Å². The second-order valence-corrected chi connectivity index (χ2v) is 13.4. The van der Waals surface area contributed by atoms with Crippen molar-refractivity contribution in [2.45, 2.75) is 24.2 Å². The highest BCUT2D eigenvalue weighted by Gasteiger charge is 2.70. The molecule has 2 saturated heterocycles. The zero-order valence-electron chi connectivity index (χ0n) is 25.8. The lowest BCUT2D eigenvalue weighted by molar-refractivity contribution is -0.384. The number of hydrogen-bond acceptors (Lipinski definition) is 7. The predicted octanol–water partition coefficient (Wildman–Crippen LogP) is 6.32. The first-order valence-corrected chi connectivity index (χ1v) is 16.3. The second kappa shape index (κ2) is 11.2. The van der Waals surface area contributed by atoms with Crippen LogP contribution in [0.4, 0.5) is 17.1 Å². The number of nitro benzene ring substituents is 1. The highest BCUT2D eigenvalue weighted by atomic mass is 35.5. The Labute approximate surface area is 285 Å². The van der Waals surface area contributed by atoms with Crippen molar-refractivity contribution in [3.63, 3.8) is 0 Å². The third-order valence-electron chi connectivity index (χ3n) is 10.7. The lowest BCUT2D eigenvalue weighted by atomic mass is 9.49. The Hall–Kier alpha value is -5.61. The van der Waals surface area contributed by atoms with Gasteiger partial charge in [0.1, 0.15) is 5.75 Å². The van der Waals surface area contributed by atoms with Gasteiger partial charge in [-0.15, -0.1) is 0 Å². The number of carbonyl (C=O) groups is 4. The Morgan fingerprint density at radius 3 is 2.16 bits per heavy atom. The highest BCUT2D eigenvalue weighted by molar-refractivity contribution is 6.32. The lowest BCUT2D eigenvalue weighted by Crippen LogP contribution is -2.53. The standard InChI is InChI=1S/C38H28ClN3O7/c39-23-7-4-8-26(19-23)41-35(45)31-20-30-28(17-18-29-32(30)36(46)40(34(29)44)24-11-13-25(14-12-24)42(48)49)33(21-9-15-27(43)16-10-21)38(31,37(41)47)22-5-2-1-3-6-22/h1-17,19,29-33,43H,18,20H2. The Kier molecular flexibility index (Phi) is 7.04. The summed E-state index contributed by atoms with van der Waals surface area (Å²) in [7, 11) is 0. The van der Waals surface area contributed by atoms with Crippen LogP contribution in [0.1, 0.15) is 29.9 Å². The van der Waals surface area contributed by atoms with E-state index in [1.54, 1.807) is 36.4 Å². The summed E-state index contributed by atoms with van der Waals surface area (Å²) in [5, 5.41) is 21.9. The van der Waals surface area contributed by atoms with Crippen LogP contribution in [-0.2, 0) is 24.6 Å². The maximum atomic E-state index is 15.2. The van der Waals surface area contributed by atoms with E-state index in [-0.39, 0.29) is 30.0 Å². The van der Waals surface area contributed by atoms with Gasteiger partial charge in [0.25, 0.3) is 5.69 Å². The van der Waals surface area contributed by atoms with Crippen LogP contribution in [0.5, 0.6) is 5.75 Å². The maximum absolute atomic E-state index is 15.2. The largest absolute Gasteiger partial charge is 0.508 e. The number of amides is 4. The molecule has 1 N–H and O–H groups in total. The normalized spacial score (nSPS) is 27.4. The van der Waals surface area contributed by atoms with Crippen molar-refractivity contribution in [1.82, 2.24) is 0 Å². The van der Waals surface area contributed by atoms with Crippen LogP contribution >= 0.6 is 11.6 Å². The SMILES string of the molecule is O=C1C2CC=C3C(CC4C(=O)N(c5cccc(Cl)c5)C(=O)C4(c4ccccc4)C3c3ccc(O)cc3)C2C(=O)N1c1ccc([N+](=O)[O-])cc1. The molecule has 6 unspecified atom stereocenters. The predicted molar refractivity (Wildman–Crippen MR) is 180 cm³/mol. The summed E-state index contributed by atoms with van der Waals surface area (Å²) in [4.78, 5) is 71.2. The number of halogens is 1. The van der Waals surface area contributed by atoms with Gasteiger partial charge in [0.05, 0.1) is 39.5 Å². The summed E-state index contributed by atoms with van der Waals surface area (Å²) >= 11 is 6.35. The Balaban J connectivity index is 1.31. The van der Waals surface area contributed by atoms with E-state index in [9.17, 15) is 29.6 Å². The molecule has 3 fully saturated rings. The third kappa shape index (κ3) is 4.40. The molecule has 2 aliphatic carbocycles. The maximum Gasteiger partial charge on any atom is 0.269 e. The molecule has 4 amide bonds. The molecule has 0 spiro atoms. The smallest absolute Gasteiger partial charge is 0.269 e. The summed E-state index contributed by atoms with van der Waals surface area (Å²) in [5.41, 5.74) is 1.09. The van der Waals surface area contributed by atoms with Crippen LogP contribution in [-0.4, -0.2) is 33.7 Å². The lowest BCUT2D eigenvalue weighted by Gasteiger charge is -2.50. The fourth-order valence-electron chi connectivity index (χ4n) is 8.76. The van der Waals surface area contributed by atoms with Crippen LogP contribution < -0.4 is 9.80 Å². The van der Waals surface area contributed by atoms with Gasteiger partial charge in [0.15, 0.2) is 0 Å². The molecule has 49 heavy (non-hydrogen) atoms. The number of rotatable bonds is 5. The molecular formula is C38H28ClN3O7. The van der Waals surface area contributed by atoms with E-state index in [2.05, 4.69) is 0 Å².